The van der Waals surface area contributed by atoms with Crippen LogP contribution in [0.25, 0.3) is 0 Å². The number of nitrogens with two attached hydrogens (primary N) is 1. The van der Waals surface area contributed by atoms with Gasteiger partial charge >= 0.3 is 0 Å². The van der Waals surface area contributed by atoms with E-state index < -0.39 is 0 Å². The molecule has 1 heterocycles. The van der Waals surface area contributed by atoms with Gasteiger partial charge in [0.2, 0.25) is 5.91 Å². The molecule has 0 aromatic rings. The van der Waals surface area contributed by atoms with E-state index in [4.69, 9.17) is 5.73 Å². The molecule has 1 saturated heterocycles. The van der Waals surface area contributed by atoms with E-state index in [9.17, 15) is 4.79 Å². The van der Waals surface area contributed by atoms with Crippen LogP contribution in [-0.2, 0) is 4.79 Å². The van der Waals surface area contributed by atoms with Crippen molar-refractivity contribution in [3.63, 3.8) is 0 Å². The van der Waals surface area contributed by atoms with Crippen LogP contribution in [0, 0.1) is 5.92 Å². The van der Waals surface area contributed by atoms with Crippen molar-refractivity contribution in [2.75, 3.05) is 13.1 Å². The second-order valence-corrected chi connectivity index (χ2v) is 4.72. The summed E-state index contributed by atoms with van der Waals surface area (Å²) >= 11 is 0. The SMILES string of the molecule is CC1NCCC1C(=O)NC(C)(C)CN. The van der Waals surface area contributed by atoms with Crippen molar-refractivity contribution in [1.29, 1.82) is 0 Å². The van der Waals surface area contributed by atoms with E-state index in [1.165, 1.54) is 0 Å². The first-order valence-corrected chi connectivity index (χ1v) is 5.22. The summed E-state index contributed by atoms with van der Waals surface area (Å²) in [7, 11) is 0. The van der Waals surface area contributed by atoms with Gasteiger partial charge in [-0.1, -0.05) is 0 Å². The summed E-state index contributed by atoms with van der Waals surface area (Å²) in [6.45, 7) is 7.33. The van der Waals surface area contributed by atoms with Gasteiger partial charge in [0.1, 0.15) is 0 Å². The predicted molar refractivity (Wildman–Crippen MR) is 56.8 cm³/mol. The molecule has 4 nitrogen and oxygen atoms in total. The number of amides is 1. The lowest BCUT2D eigenvalue weighted by atomic mass is 9.98. The van der Waals surface area contributed by atoms with E-state index in [1.54, 1.807) is 0 Å². The summed E-state index contributed by atoms with van der Waals surface area (Å²) in [5, 5.41) is 6.24. The number of rotatable bonds is 3. The van der Waals surface area contributed by atoms with Crippen molar-refractivity contribution in [2.45, 2.75) is 38.8 Å². The van der Waals surface area contributed by atoms with Gasteiger partial charge in [-0.25, -0.2) is 0 Å². The minimum absolute atomic E-state index is 0.0980. The zero-order valence-corrected chi connectivity index (χ0v) is 9.26. The number of carbonyl (C=O) groups is 1. The fourth-order valence-electron chi connectivity index (χ4n) is 1.69. The summed E-state index contributed by atoms with van der Waals surface area (Å²) in [4.78, 5) is 11.8. The molecule has 14 heavy (non-hydrogen) atoms. The van der Waals surface area contributed by atoms with Crippen molar-refractivity contribution in [3.8, 4) is 0 Å². The van der Waals surface area contributed by atoms with E-state index in [2.05, 4.69) is 10.6 Å². The molecule has 1 rings (SSSR count). The zero-order chi connectivity index (χ0) is 10.8. The Morgan fingerprint density at radius 2 is 2.29 bits per heavy atom. The number of hydrogen-bond acceptors (Lipinski definition) is 3. The van der Waals surface area contributed by atoms with Gasteiger partial charge in [-0.2, -0.15) is 0 Å². The first kappa shape index (κ1) is 11.5. The summed E-state index contributed by atoms with van der Waals surface area (Å²) in [5.74, 6) is 0.221. The molecule has 1 amide bonds. The third-order valence-corrected chi connectivity index (χ3v) is 2.83. The van der Waals surface area contributed by atoms with Crippen LogP contribution in [0.3, 0.4) is 0 Å². The van der Waals surface area contributed by atoms with Crippen LogP contribution in [0.5, 0.6) is 0 Å². The zero-order valence-electron chi connectivity index (χ0n) is 9.26. The van der Waals surface area contributed by atoms with Gasteiger partial charge < -0.3 is 16.4 Å². The molecule has 0 aromatic carbocycles. The molecular formula is C10H21N3O. The van der Waals surface area contributed by atoms with Crippen LogP contribution in [0.2, 0.25) is 0 Å². The summed E-state index contributed by atoms with van der Waals surface area (Å²) in [6, 6.07) is 0.281. The molecule has 0 aliphatic carbocycles. The summed E-state index contributed by atoms with van der Waals surface area (Å²) < 4.78 is 0. The van der Waals surface area contributed by atoms with Crippen molar-refractivity contribution < 1.29 is 4.79 Å². The maximum Gasteiger partial charge on any atom is 0.225 e. The molecule has 0 aromatic heterocycles. The second-order valence-electron chi connectivity index (χ2n) is 4.72. The molecule has 2 unspecified atom stereocenters. The molecular weight excluding hydrogens is 178 g/mol. The molecule has 0 radical (unpaired) electrons. The Hall–Kier alpha value is -0.610. The van der Waals surface area contributed by atoms with Crippen molar-refractivity contribution in [1.82, 2.24) is 10.6 Å². The quantitative estimate of drug-likeness (QED) is 0.591. The van der Waals surface area contributed by atoms with Gasteiger partial charge in [0, 0.05) is 18.1 Å². The van der Waals surface area contributed by atoms with Gasteiger partial charge in [0.05, 0.1) is 5.92 Å². The van der Waals surface area contributed by atoms with Crippen molar-refractivity contribution >= 4 is 5.91 Å². The highest BCUT2D eigenvalue weighted by atomic mass is 16.2. The Labute approximate surface area is 85.6 Å². The first-order valence-electron chi connectivity index (χ1n) is 5.22. The van der Waals surface area contributed by atoms with Gasteiger partial charge in [0.15, 0.2) is 0 Å². The Kier molecular flexibility index (Phi) is 3.50. The average Bonchev–Trinajstić information content (AvgIpc) is 2.51. The lowest BCUT2D eigenvalue weighted by Gasteiger charge is -2.27. The molecule has 82 valence electrons. The van der Waals surface area contributed by atoms with Crippen LogP contribution in [0.15, 0.2) is 0 Å². The second kappa shape index (κ2) is 4.28. The van der Waals surface area contributed by atoms with E-state index in [0.717, 1.165) is 13.0 Å². The predicted octanol–water partition coefficient (Wildman–Crippen LogP) is -0.162. The Morgan fingerprint density at radius 3 is 2.71 bits per heavy atom. The topological polar surface area (TPSA) is 67.2 Å². The highest BCUT2D eigenvalue weighted by Gasteiger charge is 2.31. The number of nitrogens with one attached hydrogen (secondary N) is 2. The third kappa shape index (κ3) is 2.69. The maximum absolute atomic E-state index is 11.8. The van der Waals surface area contributed by atoms with Crippen molar-refractivity contribution in [2.24, 2.45) is 11.7 Å². The van der Waals surface area contributed by atoms with E-state index >= 15 is 0 Å². The van der Waals surface area contributed by atoms with Crippen molar-refractivity contribution in [3.05, 3.63) is 0 Å². The molecule has 4 heteroatoms. The molecule has 1 fully saturated rings. The van der Waals surface area contributed by atoms with Crippen LogP contribution in [-0.4, -0.2) is 30.6 Å². The smallest absolute Gasteiger partial charge is 0.225 e. The standard InChI is InChI=1S/C10H21N3O/c1-7-8(4-5-12-7)9(14)13-10(2,3)6-11/h7-8,12H,4-6,11H2,1-3H3,(H,13,14). The van der Waals surface area contributed by atoms with E-state index in [0.29, 0.717) is 6.54 Å². The molecule has 2 atom stereocenters. The molecule has 1 aliphatic heterocycles. The van der Waals surface area contributed by atoms with Gasteiger partial charge in [-0.15, -0.1) is 0 Å². The fourth-order valence-corrected chi connectivity index (χ4v) is 1.69. The monoisotopic (exact) mass is 199 g/mol. The molecule has 0 spiro atoms. The molecule has 0 bridgehead atoms. The summed E-state index contributed by atoms with van der Waals surface area (Å²) in [5.41, 5.74) is 5.27. The maximum atomic E-state index is 11.8. The van der Waals surface area contributed by atoms with Gasteiger partial charge in [-0.05, 0) is 33.7 Å². The minimum Gasteiger partial charge on any atom is -0.350 e. The largest absolute Gasteiger partial charge is 0.350 e. The number of carbonyl (C=O) groups excluding carboxylic acids is 1. The average molecular weight is 199 g/mol. The normalized spacial score (nSPS) is 27.7. The number of hydrogen-bond donors (Lipinski definition) is 3. The first-order chi connectivity index (χ1) is 6.46. The van der Waals surface area contributed by atoms with Gasteiger partial charge in [0.25, 0.3) is 0 Å². The molecule has 0 saturated carbocycles. The minimum atomic E-state index is -0.292. The van der Waals surface area contributed by atoms with Gasteiger partial charge in [-0.3, -0.25) is 4.79 Å². The Balaban J connectivity index is 2.49. The van der Waals surface area contributed by atoms with Crippen LogP contribution in [0.4, 0.5) is 0 Å². The van der Waals surface area contributed by atoms with E-state index in [-0.39, 0.29) is 23.4 Å². The highest BCUT2D eigenvalue weighted by Crippen LogP contribution is 2.16. The van der Waals surface area contributed by atoms with E-state index in [1.807, 2.05) is 20.8 Å². The molecule has 4 N–H and O–H groups in total. The Bertz CT molecular complexity index is 215. The van der Waals surface area contributed by atoms with Crippen LogP contribution < -0.4 is 16.4 Å². The fraction of sp³-hybridized carbons (Fsp3) is 0.900. The lowest BCUT2D eigenvalue weighted by Crippen LogP contribution is -2.52. The van der Waals surface area contributed by atoms with Crippen LogP contribution >= 0.6 is 0 Å². The highest BCUT2D eigenvalue weighted by molar-refractivity contribution is 5.80. The molecule has 1 aliphatic rings. The lowest BCUT2D eigenvalue weighted by molar-refractivity contribution is -0.126. The third-order valence-electron chi connectivity index (χ3n) is 2.83. The van der Waals surface area contributed by atoms with Crippen LogP contribution in [0.1, 0.15) is 27.2 Å². The Morgan fingerprint density at radius 1 is 1.64 bits per heavy atom. The summed E-state index contributed by atoms with van der Waals surface area (Å²) in [6.07, 6.45) is 0.924.